The summed E-state index contributed by atoms with van der Waals surface area (Å²) in [5.74, 6) is -0.524. The molecule has 0 radical (unpaired) electrons. The number of rotatable bonds is 4. The van der Waals surface area contributed by atoms with E-state index in [0.717, 1.165) is 0 Å². The van der Waals surface area contributed by atoms with Crippen LogP contribution in [0.1, 0.15) is 22.6 Å². The Morgan fingerprint density at radius 2 is 1.15 bits per heavy atom. The molecular weight excluding hydrogens is 420 g/mol. The molecule has 0 aliphatic heterocycles. The van der Waals surface area contributed by atoms with E-state index in [1.54, 1.807) is 72.8 Å². The van der Waals surface area contributed by atoms with Crippen molar-refractivity contribution < 1.29 is 13.6 Å². The zero-order valence-electron chi connectivity index (χ0n) is 17.7. The lowest BCUT2D eigenvalue weighted by Gasteiger charge is -2.22. The Hall–Kier alpha value is -4.52. The van der Waals surface area contributed by atoms with Crippen molar-refractivity contribution in [2.24, 2.45) is 0 Å². The molecule has 0 unspecified atom stereocenters. The van der Waals surface area contributed by atoms with E-state index in [1.165, 1.54) is 7.11 Å². The largest absolute Gasteiger partial charge is 0.496 e. The van der Waals surface area contributed by atoms with Crippen molar-refractivity contribution in [2.75, 3.05) is 18.6 Å². The van der Waals surface area contributed by atoms with Crippen LogP contribution in [0.4, 0.5) is 11.4 Å². The van der Waals surface area contributed by atoms with Crippen molar-refractivity contribution >= 4 is 33.3 Å². The van der Waals surface area contributed by atoms with Gasteiger partial charge in [-0.2, -0.15) is 0 Å². The van der Waals surface area contributed by atoms with Gasteiger partial charge in [0.2, 0.25) is 0 Å². The number of para-hydroxylation sites is 3. The van der Waals surface area contributed by atoms with Gasteiger partial charge in [-0.15, -0.1) is 0 Å². The van der Waals surface area contributed by atoms with Gasteiger partial charge in [-0.25, -0.2) is 9.59 Å². The van der Waals surface area contributed by atoms with Crippen LogP contribution < -0.4 is 27.5 Å². The molecular formula is C26H20N2O5. The lowest BCUT2D eigenvalue weighted by molar-refractivity contribution is 0.408. The molecule has 2 aromatic heterocycles. The topological polar surface area (TPSA) is 122 Å². The van der Waals surface area contributed by atoms with Crippen molar-refractivity contribution in [3.05, 3.63) is 110 Å². The average Bonchev–Trinajstić information content (AvgIpc) is 2.83. The lowest BCUT2D eigenvalue weighted by atomic mass is 9.83. The van der Waals surface area contributed by atoms with E-state index in [2.05, 4.69) is 0 Å². The highest BCUT2D eigenvalue weighted by Gasteiger charge is 2.32. The van der Waals surface area contributed by atoms with Gasteiger partial charge in [-0.3, -0.25) is 0 Å². The second-order valence-corrected chi connectivity index (χ2v) is 7.60. The molecule has 0 aliphatic rings. The standard InChI is InChI=1S/C26H20N2O5/c1-31-17-11-5-2-8-14(17)20(21-23(27)15-9-3-6-12-18(15)32-25(21)29)22-24(28)16-10-4-7-13-19(16)33-26(22)30/h2-13,20H,27-28H2,1H3. The summed E-state index contributed by atoms with van der Waals surface area (Å²) in [7, 11) is 1.51. The Balaban J connectivity index is 1.94. The molecule has 0 atom stereocenters. The van der Waals surface area contributed by atoms with Crippen molar-refractivity contribution in [3.8, 4) is 5.75 Å². The van der Waals surface area contributed by atoms with Gasteiger partial charge < -0.3 is 25.0 Å². The van der Waals surface area contributed by atoms with Gasteiger partial charge >= 0.3 is 11.3 Å². The zero-order chi connectivity index (χ0) is 23.1. The number of nitrogen functional groups attached to an aromatic ring is 2. The minimum atomic E-state index is -0.983. The maximum absolute atomic E-state index is 13.3. The fraction of sp³-hybridized carbons (Fsp3) is 0.0769. The number of nitrogens with two attached hydrogens (primary N) is 2. The van der Waals surface area contributed by atoms with Gasteiger partial charge in [-0.1, -0.05) is 42.5 Å². The molecule has 0 saturated carbocycles. The molecule has 164 valence electrons. The van der Waals surface area contributed by atoms with Crippen LogP contribution in [-0.2, 0) is 0 Å². The van der Waals surface area contributed by atoms with E-state index in [1.807, 2.05) is 0 Å². The minimum Gasteiger partial charge on any atom is -0.496 e. The molecule has 5 rings (SSSR count). The third-order valence-electron chi connectivity index (χ3n) is 5.81. The van der Waals surface area contributed by atoms with Gasteiger partial charge in [-0.05, 0) is 30.3 Å². The highest BCUT2D eigenvalue weighted by molar-refractivity contribution is 5.93. The summed E-state index contributed by atoms with van der Waals surface area (Å²) in [6, 6.07) is 21.0. The van der Waals surface area contributed by atoms with E-state index >= 15 is 0 Å². The van der Waals surface area contributed by atoms with E-state index in [9.17, 15) is 9.59 Å². The van der Waals surface area contributed by atoms with E-state index in [4.69, 9.17) is 25.0 Å². The van der Waals surface area contributed by atoms with Crippen LogP contribution in [-0.4, -0.2) is 7.11 Å². The molecule has 0 saturated heterocycles. The fourth-order valence-corrected chi connectivity index (χ4v) is 4.28. The molecule has 0 spiro atoms. The third-order valence-corrected chi connectivity index (χ3v) is 5.81. The highest BCUT2D eigenvalue weighted by Crippen LogP contribution is 2.41. The molecule has 7 heteroatoms. The van der Waals surface area contributed by atoms with Crippen LogP contribution in [0.5, 0.6) is 5.75 Å². The second-order valence-electron chi connectivity index (χ2n) is 7.60. The van der Waals surface area contributed by atoms with Crippen LogP contribution in [0.25, 0.3) is 21.9 Å². The normalized spacial score (nSPS) is 11.3. The maximum atomic E-state index is 13.3. The monoisotopic (exact) mass is 440 g/mol. The lowest BCUT2D eigenvalue weighted by Crippen LogP contribution is -2.24. The summed E-state index contributed by atoms with van der Waals surface area (Å²) in [4.78, 5) is 26.5. The van der Waals surface area contributed by atoms with E-state index < -0.39 is 17.2 Å². The summed E-state index contributed by atoms with van der Waals surface area (Å²) < 4.78 is 16.7. The first kappa shape index (κ1) is 20.4. The Morgan fingerprint density at radius 3 is 1.67 bits per heavy atom. The summed E-state index contributed by atoms with van der Waals surface area (Å²) in [6.07, 6.45) is 0. The zero-order valence-corrected chi connectivity index (χ0v) is 17.7. The van der Waals surface area contributed by atoms with Crippen molar-refractivity contribution in [1.82, 2.24) is 0 Å². The molecule has 2 heterocycles. The Labute approximate surface area is 187 Å². The Morgan fingerprint density at radius 1 is 0.697 bits per heavy atom. The van der Waals surface area contributed by atoms with Crippen LogP contribution >= 0.6 is 0 Å². The number of anilines is 2. The second kappa shape index (κ2) is 7.87. The van der Waals surface area contributed by atoms with Crippen LogP contribution in [0.3, 0.4) is 0 Å². The fourth-order valence-electron chi connectivity index (χ4n) is 4.28. The predicted molar refractivity (Wildman–Crippen MR) is 128 cm³/mol. The van der Waals surface area contributed by atoms with E-state index in [0.29, 0.717) is 33.3 Å². The molecule has 7 nitrogen and oxygen atoms in total. The molecule has 3 aromatic carbocycles. The van der Waals surface area contributed by atoms with Gasteiger partial charge in [0.1, 0.15) is 16.9 Å². The number of methoxy groups -OCH3 is 1. The van der Waals surface area contributed by atoms with Gasteiger partial charge in [0.25, 0.3) is 0 Å². The molecule has 33 heavy (non-hydrogen) atoms. The quantitative estimate of drug-likeness (QED) is 0.401. The van der Waals surface area contributed by atoms with Crippen LogP contribution in [0.2, 0.25) is 0 Å². The number of benzene rings is 3. The summed E-state index contributed by atoms with van der Waals surface area (Å²) in [5.41, 5.74) is 13.5. The molecule has 5 aromatic rings. The first-order valence-corrected chi connectivity index (χ1v) is 10.3. The Bertz CT molecular complexity index is 1540. The summed E-state index contributed by atoms with van der Waals surface area (Å²) >= 11 is 0. The van der Waals surface area contributed by atoms with E-state index in [-0.39, 0.29) is 22.5 Å². The summed E-state index contributed by atoms with van der Waals surface area (Å²) in [6.45, 7) is 0. The van der Waals surface area contributed by atoms with Crippen LogP contribution in [0.15, 0.2) is 91.2 Å². The Kier molecular flexibility index (Phi) is 4.86. The van der Waals surface area contributed by atoms with Crippen molar-refractivity contribution in [2.45, 2.75) is 5.92 Å². The van der Waals surface area contributed by atoms with Gasteiger partial charge in [0.15, 0.2) is 0 Å². The highest BCUT2D eigenvalue weighted by atomic mass is 16.5. The number of hydrogen-bond acceptors (Lipinski definition) is 7. The molecule has 0 aliphatic carbocycles. The molecule has 4 N–H and O–H groups in total. The SMILES string of the molecule is COc1ccccc1C(c1c(N)c2ccccc2oc1=O)c1c(N)c2ccccc2oc1=O. The molecule has 0 amide bonds. The minimum absolute atomic E-state index is 0.0903. The smallest absolute Gasteiger partial charge is 0.342 e. The average molecular weight is 440 g/mol. The number of hydrogen-bond donors (Lipinski definition) is 2. The third kappa shape index (κ3) is 3.22. The molecule has 0 fully saturated rings. The predicted octanol–water partition coefficient (Wildman–Crippen LogP) is 4.25. The first-order chi connectivity index (χ1) is 16.0. The maximum Gasteiger partial charge on any atom is 0.342 e. The van der Waals surface area contributed by atoms with Crippen molar-refractivity contribution in [1.29, 1.82) is 0 Å². The van der Waals surface area contributed by atoms with Crippen molar-refractivity contribution in [3.63, 3.8) is 0 Å². The van der Waals surface area contributed by atoms with Crippen LogP contribution in [0, 0.1) is 0 Å². The van der Waals surface area contributed by atoms with Gasteiger partial charge in [0, 0.05) is 16.3 Å². The number of fused-ring (bicyclic) bond motifs is 2. The summed E-state index contributed by atoms with van der Waals surface area (Å²) in [5, 5.41) is 1.10. The molecule has 0 bridgehead atoms. The first-order valence-electron chi connectivity index (χ1n) is 10.3. The van der Waals surface area contributed by atoms with Gasteiger partial charge in [0.05, 0.1) is 35.5 Å². The number of ether oxygens (including phenoxy) is 1.